The molecule has 1 aromatic carbocycles. The third-order valence-corrected chi connectivity index (χ3v) is 5.57. The Morgan fingerprint density at radius 1 is 1.29 bits per heavy atom. The number of rotatable bonds is 4. The monoisotopic (exact) mass is 415 g/mol. The SMILES string of the molecule is CC(O)C(C)(C)NN1C=C(C(N)=O)C2Nc3cc(C#Cc4cccnc4)ccc3C2=C1. The van der Waals surface area contributed by atoms with Gasteiger partial charge in [0.2, 0.25) is 5.91 Å². The Morgan fingerprint density at radius 2 is 2.06 bits per heavy atom. The lowest BCUT2D eigenvalue weighted by Gasteiger charge is -2.36. The Balaban J connectivity index is 1.66. The molecular weight excluding hydrogens is 390 g/mol. The molecule has 1 aromatic heterocycles. The van der Waals surface area contributed by atoms with Crippen LogP contribution in [-0.2, 0) is 4.79 Å². The van der Waals surface area contributed by atoms with Crippen molar-refractivity contribution >= 4 is 17.2 Å². The Bertz CT molecular complexity index is 1140. The zero-order valence-electron chi connectivity index (χ0n) is 17.7. The van der Waals surface area contributed by atoms with Crippen LogP contribution in [0.1, 0.15) is 37.5 Å². The molecule has 2 atom stereocenters. The molecule has 0 saturated heterocycles. The number of nitrogens with zero attached hydrogens (tertiary/aromatic N) is 2. The molecule has 7 nitrogen and oxygen atoms in total. The maximum absolute atomic E-state index is 12.2. The van der Waals surface area contributed by atoms with E-state index < -0.39 is 17.6 Å². The van der Waals surface area contributed by atoms with Crippen LogP contribution in [0.5, 0.6) is 0 Å². The quantitative estimate of drug-likeness (QED) is 0.570. The normalized spacial score (nSPS) is 17.9. The molecule has 0 spiro atoms. The maximum atomic E-state index is 12.2. The lowest BCUT2D eigenvalue weighted by atomic mass is 9.94. The van der Waals surface area contributed by atoms with Crippen LogP contribution in [0.15, 0.2) is 60.7 Å². The van der Waals surface area contributed by atoms with Gasteiger partial charge in [0.1, 0.15) is 0 Å². The number of nitrogens with one attached hydrogen (secondary N) is 2. The fourth-order valence-electron chi connectivity index (χ4n) is 3.46. The molecule has 5 N–H and O–H groups in total. The Kier molecular flexibility index (Phi) is 5.27. The number of hydrogen-bond donors (Lipinski definition) is 4. The van der Waals surface area contributed by atoms with Crippen molar-refractivity contribution in [2.75, 3.05) is 5.32 Å². The van der Waals surface area contributed by atoms with Gasteiger partial charge in [-0.05, 0) is 45.0 Å². The predicted molar refractivity (Wildman–Crippen MR) is 120 cm³/mol. The molecule has 4 rings (SSSR count). The maximum Gasteiger partial charge on any atom is 0.248 e. The molecule has 158 valence electrons. The van der Waals surface area contributed by atoms with E-state index in [1.807, 2.05) is 50.4 Å². The molecule has 2 aliphatic heterocycles. The topological polar surface area (TPSA) is 104 Å². The van der Waals surface area contributed by atoms with Crippen LogP contribution in [0.2, 0.25) is 0 Å². The lowest BCUT2D eigenvalue weighted by molar-refractivity contribution is -0.114. The van der Waals surface area contributed by atoms with Crippen LogP contribution >= 0.6 is 0 Å². The number of anilines is 1. The van der Waals surface area contributed by atoms with Crippen molar-refractivity contribution in [2.45, 2.75) is 38.5 Å². The fourth-order valence-corrected chi connectivity index (χ4v) is 3.46. The van der Waals surface area contributed by atoms with Gasteiger partial charge in [-0.25, -0.2) is 5.43 Å². The van der Waals surface area contributed by atoms with Crippen LogP contribution in [0, 0.1) is 11.8 Å². The van der Waals surface area contributed by atoms with Gasteiger partial charge in [0, 0.05) is 52.7 Å². The van der Waals surface area contributed by atoms with Crippen molar-refractivity contribution in [2.24, 2.45) is 5.73 Å². The van der Waals surface area contributed by atoms with Crippen molar-refractivity contribution in [3.63, 3.8) is 0 Å². The highest BCUT2D eigenvalue weighted by Crippen LogP contribution is 2.40. The number of carbonyl (C=O) groups excluding carboxylic acids is 1. The minimum Gasteiger partial charge on any atom is -0.391 e. The van der Waals surface area contributed by atoms with Crippen LogP contribution in [0.3, 0.4) is 0 Å². The molecule has 0 bridgehead atoms. The molecular formula is C24H25N5O2. The largest absolute Gasteiger partial charge is 0.391 e. The first-order valence-corrected chi connectivity index (χ1v) is 10.0. The number of carbonyl (C=O) groups is 1. The molecule has 3 heterocycles. The van der Waals surface area contributed by atoms with Gasteiger partial charge < -0.3 is 16.2 Å². The van der Waals surface area contributed by atoms with E-state index in [9.17, 15) is 9.90 Å². The van der Waals surface area contributed by atoms with Gasteiger partial charge in [-0.15, -0.1) is 0 Å². The zero-order chi connectivity index (χ0) is 22.2. The minimum absolute atomic E-state index is 0.332. The van der Waals surface area contributed by atoms with Gasteiger partial charge in [0.15, 0.2) is 0 Å². The number of nitrogens with two attached hydrogens (primary N) is 1. The van der Waals surface area contributed by atoms with Gasteiger partial charge >= 0.3 is 0 Å². The number of hydrazine groups is 1. The minimum atomic E-state index is -0.607. The van der Waals surface area contributed by atoms with E-state index in [1.54, 1.807) is 30.5 Å². The first kappa shape index (κ1) is 20.7. The van der Waals surface area contributed by atoms with Gasteiger partial charge in [0.05, 0.1) is 23.3 Å². The first-order valence-electron chi connectivity index (χ1n) is 10.0. The molecule has 0 saturated carbocycles. The smallest absolute Gasteiger partial charge is 0.248 e. The Labute approximate surface area is 181 Å². The number of aromatic nitrogens is 1. The highest BCUT2D eigenvalue weighted by molar-refractivity contribution is 6.02. The van der Waals surface area contributed by atoms with Crippen molar-refractivity contribution in [3.05, 3.63) is 77.4 Å². The summed E-state index contributed by atoms with van der Waals surface area (Å²) in [6.45, 7) is 5.48. The molecule has 0 aliphatic carbocycles. The van der Waals surface area contributed by atoms with Crippen LogP contribution < -0.4 is 16.5 Å². The van der Waals surface area contributed by atoms with Crippen LogP contribution in [0.4, 0.5) is 5.69 Å². The van der Waals surface area contributed by atoms with Crippen molar-refractivity contribution in [3.8, 4) is 11.8 Å². The van der Waals surface area contributed by atoms with Gasteiger partial charge in [-0.1, -0.05) is 17.9 Å². The second kappa shape index (κ2) is 7.91. The number of pyridine rings is 1. The Morgan fingerprint density at radius 3 is 2.74 bits per heavy atom. The average molecular weight is 415 g/mol. The summed E-state index contributed by atoms with van der Waals surface area (Å²) in [5, 5.41) is 15.1. The number of fused-ring (bicyclic) bond motifs is 3. The third-order valence-electron chi connectivity index (χ3n) is 5.57. The van der Waals surface area contributed by atoms with E-state index in [1.165, 1.54) is 0 Å². The molecule has 1 amide bonds. The summed E-state index contributed by atoms with van der Waals surface area (Å²) in [5.74, 6) is 5.75. The third kappa shape index (κ3) is 4.17. The zero-order valence-corrected chi connectivity index (χ0v) is 17.7. The summed E-state index contributed by atoms with van der Waals surface area (Å²) in [5.41, 5.74) is 13.2. The van der Waals surface area contributed by atoms with Crippen molar-refractivity contribution in [1.82, 2.24) is 15.4 Å². The van der Waals surface area contributed by atoms with E-state index >= 15 is 0 Å². The molecule has 0 radical (unpaired) electrons. The molecule has 7 heteroatoms. The second-order valence-electron chi connectivity index (χ2n) is 8.28. The number of hydrogen-bond acceptors (Lipinski definition) is 6. The number of amides is 1. The van der Waals surface area contributed by atoms with E-state index in [0.29, 0.717) is 5.57 Å². The standard InChI is InChI=1S/C24H25N5O2/c1-15(30)24(2,3)28-29-13-19-18-9-8-16(6-7-17-5-4-10-26-12-17)11-21(18)27-22(19)20(14-29)23(25)31/h4-5,8-15,22,27-28,30H,1-3H3,(H2,25,31). The fraction of sp³-hybridized carbons (Fsp3) is 0.250. The van der Waals surface area contributed by atoms with Gasteiger partial charge in [-0.2, -0.15) is 0 Å². The summed E-state index contributed by atoms with van der Waals surface area (Å²) < 4.78 is 0. The van der Waals surface area contributed by atoms with Crippen molar-refractivity contribution < 1.29 is 9.90 Å². The highest BCUT2D eigenvalue weighted by atomic mass is 16.3. The van der Waals surface area contributed by atoms with Gasteiger partial charge in [-0.3, -0.25) is 14.8 Å². The molecule has 2 unspecified atom stereocenters. The number of aliphatic hydroxyl groups is 1. The lowest BCUT2D eigenvalue weighted by Crippen LogP contribution is -2.54. The van der Waals surface area contributed by atoms with Crippen molar-refractivity contribution in [1.29, 1.82) is 0 Å². The van der Waals surface area contributed by atoms with E-state index in [0.717, 1.165) is 28.0 Å². The molecule has 2 aliphatic rings. The predicted octanol–water partition coefficient (Wildman–Crippen LogP) is 1.97. The summed E-state index contributed by atoms with van der Waals surface area (Å²) in [6.07, 6.45) is 6.41. The number of primary amides is 1. The van der Waals surface area contributed by atoms with E-state index in [-0.39, 0.29) is 6.04 Å². The van der Waals surface area contributed by atoms with Gasteiger partial charge in [0.25, 0.3) is 0 Å². The number of aliphatic hydroxyl groups excluding tert-OH is 1. The summed E-state index contributed by atoms with van der Waals surface area (Å²) in [4.78, 5) is 16.2. The summed E-state index contributed by atoms with van der Waals surface area (Å²) >= 11 is 0. The Hall–Kier alpha value is -3.60. The molecule has 2 aromatic rings. The highest BCUT2D eigenvalue weighted by Gasteiger charge is 2.36. The second-order valence-corrected chi connectivity index (χ2v) is 8.28. The van der Waals surface area contributed by atoms with E-state index in [4.69, 9.17) is 5.73 Å². The summed E-state index contributed by atoms with van der Waals surface area (Å²) in [7, 11) is 0. The molecule has 0 fully saturated rings. The summed E-state index contributed by atoms with van der Waals surface area (Å²) in [6, 6.07) is 9.33. The molecule has 31 heavy (non-hydrogen) atoms. The first-order chi connectivity index (χ1) is 14.7. The average Bonchev–Trinajstić information content (AvgIpc) is 3.09. The van der Waals surface area contributed by atoms with E-state index in [2.05, 4.69) is 27.6 Å². The number of benzene rings is 1. The van der Waals surface area contributed by atoms with Crippen LogP contribution in [-0.4, -0.2) is 38.7 Å². The van der Waals surface area contributed by atoms with Crippen LogP contribution in [0.25, 0.3) is 5.57 Å².